The summed E-state index contributed by atoms with van der Waals surface area (Å²) in [6.07, 6.45) is 1.15. The van der Waals surface area contributed by atoms with E-state index in [9.17, 15) is 8.42 Å². The van der Waals surface area contributed by atoms with Gasteiger partial charge in [0.1, 0.15) is 0 Å². The van der Waals surface area contributed by atoms with Gasteiger partial charge in [-0.05, 0) is 44.3 Å². The van der Waals surface area contributed by atoms with Crippen LogP contribution < -0.4 is 4.72 Å². The van der Waals surface area contributed by atoms with Gasteiger partial charge >= 0.3 is 0 Å². The number of fused-ring (bicyclic) bond motifs is 1. The zero-order valence-corrected chi connectivity index (χ0v) is 14.6. The lowest BCUT2D eigenvalue weighted by molar-refractivity contribution is 0.394. The predicted molar refractivity (Wildman–Crippen MR) is 86.9 cm³/mol. The van der Waals surface area contributed by atoms with Gasteiger partial charge in [-0.15, -0.1) is 0 Å². The molecule has 2 N–H and O–H groups in total. The molecule has 2 aromatic rings. The van der Waals surface area contributed by atoms with E-state index in [2.05, 4.69) is 25.6 Å². The number of benzene rings is 1. The van der Waals surface area contributed by atoms with Crippen molar-refractivity contribution >= 4 is 49.2 Å². The number of sulfonamides is 1. The number of halogens is 1. The normalized spacial score (nSPS) is 13.0. The smallest absolute Gasteiger partial charge is 0.209 e. The van der Waals surface area contributed by atoms with Crippen molar-refractivity contribution in [3.8, 4) is 0 Å². The van der Waals surface area contributed by atoms with Gasteiger partial charge in [0, 0.05) is 16.6 Å². The third kappa shape index (κ3) is 3.69. The summed E-state index contributed by atoms with van der Waals surface area (Å²) < 4.78 is 28.9. The fourth-order valence-corrected chi connectivity index (χ4v) is 3.92. The Hall–Kier alpha value is -0.700. The highest BCUT2D eigenvalue weighted by Gasteiger charge is 2.24. The fourth-order valence-electron chi connectivity index (χ4n) is 2.22. The summed E-state index contributed by atoms with van der Waals surface area (Å²) >= 11 is 8.73. The van der Waals surface area contributed by atoms with Crippen molar-refractivity contribution in [2.45, 2.75) is 25.9 Å². The second-order valence-electron chi connectivity index (χ2n) is 5.44. The molecular formula is C12H16BrN3O2S2. The van der Waals surface area contributed by atoms with Crippen LogP contribution in [-0.4, -0.2) is 29.8 Å². The van der Waals surface area contributed by atoms with Gasteiger partial charge in [-0.2, -0.15) is 0 Å². The largest absolute Gasteiger partial charge is 0.331 e. The van der Waals surface area contributed by atoms with Crippen LogP contribution in [0.5, 0.6) is 0 Å². The molecule has 5 nitrogen and oxygen atoms in total. The standard InChI is InChI=1S/C12H16BrN3O2S2/c1-12(2,15-20(3,17)18)7-16-10-5-4-8(13)6-9(10)14-11(16)19/h4-6,15H,7H2,1-3H3,(H,14,19). The number of nitrogens with zero attached hydrogens (tertiary/aromatic N) is 1. The third-order valence-corrected chi connectivity index (χ3v) is 4.49. The van der Waals surface area contributed by atoms with Gasteiger partial charge in [0.15, 0.2) is 4.77 Å². The maximum Gasteiger partial charge on any atom is 0.209 e. The Kier molecular flexibility index (Phi) is 4.12. The first-order chi connectivity index (χ1) is 9.07. The van der Waals surface area contributed by atoms with Crippen LogP contribution in [0.4, 0.5) is 0 Å². The highest BCUT2D eigenvalue weighted by molar-refractivity contribution is 9.10. The molecule has 0 spiro atoms. The average molecular weight is 378 g/mol. The van der Waals surface area contributed by atoms with Crippen LogP contribution in [0.2, 0.25) is 0 Å². The lowest BCUT2D eigenvalue weighted by Crippen LogP contribution is -2.46. The summed E-state index contributed by atoms with van der Waals surface area (Å²) in [7, 11) is -3.27. The molecule has 0 aliphatic heterocycles. The molecular weight excluding hydrogens is 362 g/mol. The summed E-state index contributed by atoms with van der Waals surface area (Å²) in [5.74, 6) is 0. The van der Waals surface area contributed by atoms with Crippen molar-refractivity contribution < 1.29 is 8.42 Å². The van der Waals surface area contributed by atoms with Crippen LogP contribution >= 0.6 is 28.1 Å². The summed E-state index contributed by atoms with van der Waals surface area (Å²) in [5.41, 5.74) is 1.23. The lowest BCUT2D eigenvalue weighted by Gasteiger charge is -2.25. The van der Waals surface area contributed by atoms with Crippen molar-refractivity contribution in [3.05, 3.63) is 27.4 Å². The van der Waals surface area contributed by atoms with Crippen LogP contribution in [-0.2, 0) is 16.6 Å². The predicted octanol–water partition coefficient (Wildman–Crippen LogP) is 2.79. The molecule has 1 aromatic heterocycles. The van der Waals surface area contributed by atoms with Crippen LogP contribution in [0.15, 0.2) is 22.7 Å². The van der Waals surface area contributed by atoms with E-state index in [0.717, 1.165) is 21.8 Å². The molecule has 8 heteroatoms. The fraction of sp³-hybridized carbons (Fsp3) is 0.417. The molecule has 1 heterocycles. The molecule has 0 fully saturated rings. The third-order valence-electron chi connectivity index (χ3n) is 2.75. The maximum absolute atomic E-state index is 11.4. The van der Waals surface area contributed by atoms with Crippen LogP contribution in [0.25, 0.3) is 11.0 Å². The first-order valence-corrected chi connectivity index (χ1v) is 9.04. The zero-order valence-electron chi connectivity index (χ0n) is 11.4. The Balaban J connectivity index is 2.44. The van der Waals surface area contributed by atoms with Gasteiger partial charge in [-0.3, -0.25) is 0 Å². The molecule has 0 saturated heterocycles. The van der Waals surface area contributed by atoms with E-state index in [1.165, 1.54) is 0 Å². The van der Waals surface area contributed by atoms with Crippen LogP contribution in [0, 0.1) is 4.77 Å². The number of imidazole rings is 1. The zero-order chi connectivity index (χ0) is 15.1. The van der Waals surface area contributed by atoms with E-state index < -0.39 is 15.6 Å². The molecule has 0 atom stereocenters. The first-order valence-electron chi connectivity index (χ1n) is 5.94. The van der Waals surface area contributed by atoms with E-state index in [0.29, 0.717) is 11.3 Å². The minimum absolute atomic E-state index is 0.445. The Morgan fingerprint density at radius 2 is 2.10 bits per heavy atom. The highest BCUT2D eigenvalue weighted by atomic mass is 79.9. The molecule has 0 unspecified atom stereocenters. The molecule has 20 heavy (non-hydrogen) atoms. The minimum atomic E-state index is -3.27. The van der Waals surface area contributed by atoms with Crippen molar-refractivity contribution in [2.24, 2.45) is 0 Å². The number of hydrogen-bond donors (Lipinski definition) is 2. The number of aromatic nitrogens is 2. The van der Waals surface area contributed by atoms with Crippen LogP contribution in [0.3, 0.4) is 0 Å². The Labute approximate surface area is 131 Å². The van der Waals surface area contributed by atoms with Crippen LogP contribution in [0.1, 0.15) is 13.8 Å². The van der Waals surface area contributed by atoms with E-state index in [4.69, 9.17) is 12.2 Å². The van der Waals surface area contributed by atoms with E-state index in [-0.39, 0.29) is 0 Å². The van der Waals surface area contributed by atoms with E-state index in [1.54, 1.807) is 0 Å². The second kappa shape index (κ2) is 5.25. The van der Waals surface area contributed by atoms with Crippen molar-refractivity contribution in [2.75, 3.05) is 6.26 Å². The molecule has 0 aliphatic carbocycles. The van der Waals surface area contributed by atoms with Gasteiger partial charge in [0.2, 0.25) is 10.0 Å². The van der Waals surface area contributed by atoms with Crippen molar-refractivity contribution in [3.63, 3.8) is 0 Å². The van der Waals surface area contributed by atoms with E-state index >= 15 is 0 Å². The van der Waals surface area contributed by atoms with Gasteiger partial charge in [0.25, 0.3) is 0 Å². The number of H-pyrrole nitrogens is 1. The number of aromatic amines is 1. The van der Waals surface area contributed by atoms with Gasteiger partial charge in [0.05, 0.1) is 17.3 Å². The number of hydrogen-bond acceptors (Lipinski definition) is 3. The monoisotopic (exact) mass is 377 g/mol. The molecule has 110 valence electrons. The van der Waals surface area contributed by atoms with Crippen molar-refractivity contribution in [1.82, 2.24) is 14.3 Å². The molecule has 0 aliphatic rings. The topological polar surface area (TPSA) is 66.9 Å². The first kappa shape index (κ1) is 15.7. The highest BCUT2D eigenvalue weighted by Crippen LogP contribution is 2.21. The second-order valence-corrected chi connectivity index (χ2v) is 8.49. The SMILES string of the molecule is CC(C)(Cn1c(=S)[nH]c2cc(Br)ccc21)NS(C)(=O)=O. The Morgan fingerprint density at radius 3 is 2.70 bits per heavy atom. The molecule has 2 rings (SSSR count). The molecule has 0 saturated carbocycles. The summed E-state index contributed by atoms with van der Waals surface area (Å²) in [6.45, 7) is 4.10. The molecule has 1 aromatic carbocycles. The molecule has 0 amide bonds. The average Bonchev–Trinajstić information content (AvgIpc) is 2.50. The lowest BCUT2D eigenvalue weighted by atomic mass is 10.1. The summed E-state index contributed by atoms with van der Waals surface area (Å²) in [4.78, 5) is 3.12. The van der Waals surface area contributed by atoms with Gasteiger partial charge in [-0.25, -0.2) is 13.1 Å². The van der Waals surface area contributed by atoms with Gasteiger partial charge in [-0.1, -0.05) is 15.9 Å². The van der Waals surface area contributed by atoms with Crippen molar-refractivity contribution in [1.29, 1.82) is 0 Å². The number of rotatable bonds is 4. The summed E-state index contributed by atoms with van der Waals surface area (Å²) in [5, 5.41) is 0. The minimum Gasteiger partial charge on any atom is -0.331 e. The Morgan fingerprint density at radius 1 is 1.45 bits per heavy atom. The van der Waals surface area contributed by atoms with E-state index in [1.807, 2.05) is 36.6 Å². The van der Waals surface area contributed by atoms with Gasteiger partial charge < -0.3 is 9.55 Å². The Bertz CT molecular complexity index is 806. The summed E-state index contributed by atoms with van der Waals surface area (Å²) in [6, 6.07) is 5.82. The molecule has 0 bridgehead atoms. The number of nitrogens with one attached hydrogen (secondary N) is 2. The quantitative estimate of drug-likeness (QED) is 0.804. The maximum atomic E-state index is 11.4. The molecule has 0 radical (unpaired) electrons.